The number of halogens is 3. The van der Waals surface area contributed by atoms with Crippen LogP contribution in [-0.4, -0.2) is 24.6 Å². The summed E-state index contributed by atoms with van der Waals surface area (Å²) >= 11 is 0. The molecule has 2 N–H and O–H groups in total. The average Bonchev–Trinajstić information content (AvgIpc) is 3.11. The van der Waals surface area contributed by atoms with Gasteiger partial charge in [0.25, 0.3) is 0 Å². The quantitative estimate of drug-likeness (QED) is 0.908. The Morgan fingerprint density at radius 3 is 2.60 bits per heavy atom. The highest BCUT2D eigenvalue weighted by Crippen LogP contribution is 2.59. The van der Waals surface area contributed by atoms with Crippen molar-refractivity contribution in [2.24, 2.45) is 17.1 Å². The predicted molar refractivity (Wildman–Crippen MR) is 70.3 cm³/mol. The summed E-state index contributed by atoms with van der Waals surface area (Å²) in [5.41, 5.74) is 5.36. The van der Waals surface area contributed by atoms with E-state index in [4.69, 9.17) is 5.73 Å². The molecule has 0 bridgehead atoms. The van der Waals surface area contributed by atoms with Crippen molar-refractivity contribution in [3.05, 3.63) is 23.9 Å². The molecule has 3 nitrogen and oxygen atoms in total. The molecule has 1 aromatic rings. The van der Waals surface area contributed by atoms with Gasteiger partial charge in [0, 0.05) is 19.3 Å². The first kappa shape index (κ1) is 13.7. The van der Waals surface area contributed by atoms with Crippen molar-refractivity contribution in [2.45, 2.75) is 25.4 Å². The summed E-state index contributed by atoms with van der Waals surface area (Å²) in [4.78, 5) is 5.72. The summed E-state index contributed by atoms with van der Waals surface area (Å²) in [5.74, 6) is 0.635. The number of piperidine rings is 1. The van der Waals surface area contributed by atoms with Crippen LogP contribution in [0.15, 0.2) is 18.3 Å². The Labute approximate surface area is 116 Å². The highest BCUT2D eigenvalue weighted by Gasteiger charge is 2.54. The van der Waals surface area contributed by atoms with Crippen molar-refractivity contribution in [1.82, 2.24) is 4.98 Å². The fourth-order valence-electron chi connectivity index (χ4n) is 3.41. The van der Waals surface area contributed by atoms with E-state index in [1.165, 1.54) is 12.3 Å². The van der Waals surface area contributed by atoms with Crippen LogP contribution in [0.4, 0.5) is 19.0 Å². The molecule has 1 saturated heterocycles. The minimum absolute atomic E-state index is 0.0693. The summed E-state index contributed by atoms with van der Waals surface area (Å²) in [5, 5.41) is 0. The van der Waals surface area contributed by atoms with Gasteiger partial charge in [0.1, 0.15) is 5.82 Å². The molecule has 0 amide bonds. The topological polar surface area (TPSA) is 42.1 Å². The van der Waals surface area contributed by atoms with Gasteiger partial charge in [0.15, 0.2) is 0 Å². The fraction of sp³-hybridized carbons (Fsp3) is 0.643. The zero-order chi connectivity index (χ0) is 14.4. The molecule has 1 atom stereocenters. The number of nitrogens with zero attached hydrogens (tertiary/aromatic N) is 2. The lowest BCUT2D eigenvalue weighted by molar-refractivity contribution is -0.137. The highest BCUT2D eigenvalue weighted by molar-refractivity contribution is 5.49. The van der Waals surface area contributed by atoms with Crippen molar-refractivity contribution in [1.29, 1.82) is 0 Å². The average molecular weight is 285 g/mol. The van der Waals surface area contributed by atoms with E-state index in [0.717, 1.165) is 25.3 Å². The molecule has 6 heteroatoms. The number of anilines is 1. The standard InChI is InChI=1S/C14H18F3N3/c15-14(16,17)11-2-1-5-19-12(11)20-6-3-13(4-7-20)8-10(13)9-18/h1-2,5,10H,3-4,6-9,18H2. The summed E-state index contributed by atoms with van der Waals surface area (Å²) in [6.07, 6.45) is 0.0457. The largest absolute Gasteiger partial charge is 0.419 e. The molecule has 3 rings (SSSR count). The maximum absolute atomic E-state index is 13.0. The SMILES string of the molecule is NCC1CC12CCN(c1ncccc1C(F)(F)F)CC2. The summed E-state index contributed by atoms with van der Waals surface area (Å²) in [6.45, 7) is 1.96. The van der Waals surface area contributed by atoms with E-state index in [1.54, 1.807) is 4.90 Å². The third-order valence-electron chi connectivity index (χ3n) is 4.79. The monoisotopic (exact) mass is 285 g/mol. The molecule has 0 aromatic carbocycles. The molecular formula is C14H18F3N3. The zero-order valence-electron chi connectivity index (χ0n) is 11.2. The lowest BCUT2D eigenvalue weighted by Gasteiger charge is -2.34. The molecule has 1 aromatic heterocycles. The Morgan fingerprint density at radius 1 is 1.35 bits per heavy atom. The van der Waals surface area contributed by atoms with E-state index in [9.17, 15) is 13.2 Å². The second-order valence-electron chi connectivity index (χ2n) is 5.86. The minimum atomic E-state index is -4.35. The molecule has 2 aliphatic rings. The summed E-state index contributed by atoms with van der Waals surface area (Å²) < 4.78 is 39.0. The summed E-state index contributed by atoms with van der Waals surface area (Å²) in [6, 6.07) is 2.44. The molecule has 1 aliphatic heterocycles. The van der Waals surface area contributed by atoms with Gasteiger partial charge < -0.3 is 10.6 Å². The predicted octanol–water partition coefficient (Wildman–Crippen LogP) is 2.67. The molecule has 1 spiro atoms. The number of hydrogen-bond donors (Lipinski definition) is 1. The van der Waals surface area contributed by atoms with Gasteiger partial charge in [0.05, 0.1) is 5.56 Å². The van der Waals surface area contributed by atoms with Crippen LogP contribution in [0.25, 0.3) is 0 Å². The van der Waals surface area contributed by atoms with Crippen LogP contribution in [0.2, 0.25) is 0 Å². The van der Waals surface area contributed by atoms with Gasteiger partial charge in [-0.3, -0.25) is 0 Å². The first-order chi connectivity index (χ1) is 9.46. The number of rotatable bonds is 2. The van der Waals surface area contributed by atoms with E-state index in [0.29, 0.717) is 31.0 Å². The minimum Gasteiger partial charge on any atom is -0.356 e. The molecule has 2 fully saturated rings. The first-order valence-corrected chi connectivity index (χ1v) is 6.93. The van der Waals surface area contributed by atoms with Gasteiger partial charge in [0.2, 0.25) is 0 Å². The number of pyridine rings is 1. The Kier molecular flexibility index (Phi) is 3.16. The fourth-order valence-corrected chi connectivity index (χ4v) is 3.41. The molecule has 1 aliphatic carbocycles. The molecule has 1 saturated carbocycles. The van der Waals surface area contributed by atoms with Crippen molar-refractivity contribution in [3.63, 3.8) is 0 Å². The normalized spacial score (nSPS) is 25.0. The smallest absolute Gasteiger partial charge is 0.356 e. The molecule has 1 unspecified atom stereocenters. The Hall–Kier alpha value is -1.30. The van der Waals surface area contributed by atoms with Gasteiger partial charge in [-0.05, 0) is 49.3 Å². The van der Waals surface area contributed by atoms with Crippen molar-refractivity contribution in [3.8, 4) is 0 Å². The van der Waals surface area contributed by atoms with Crippen LogP contribution in [0, 0.1) is 11.3 Å². The number of nitrogens with two attached hydrogens (primary N) is 1. The third kappa shape index (κ3) is 2.26. The van der Waals surface area contributed by atoms with Gasteiger partial charge in [-0.25, -0.2) is 4.98 Å². The van der Waals surface area contributed by atoms with Crippen LogP contribution in [-0.2, 0) is 6.18 Å². The van der Waals surface area contributed by atoms with E-state index in [-0.39, 0.29) is 5.82 Å². The van der Waals surface area contributed by atoms with Gasteiger partial charge in [-0.15, -0.1) is 0 Å². The van der Waals surface area contributed by atoms with Gasteiger partial charge >= 0.3 is 6.18 Å². The van der Waals surface area contributed by atoms with Crippen molar-refractivity contribution >= 4 is 5.82 Å². The Bertz CT molecular complexity index is 493. The molecule has 0 radical (unpaired) electrons. The van der Waals surface area contributed by atoms with Gasteiger partial charge in [-0.2, -0.15) is 13.2 Å². The van der Waals surface area contributed by atoms with Crippen molar-refractivity contribution in [2.75, 3.05) is 24.5 Å². The third-order valence-corrected chi connectivity index (χ3v) is 4.79. The maximum Gasteiger partial charge on any atom is 0.419 e. The summed E-state index contributed by atoms with van der Waals surface area (Å²) in [7, 11) is 0. The molecule has 2 heterocycles. The number of aromatic nitrogens is 1. The van der Waals surface area contributed by atoms with E-state index >= 15 is 0 Å². The second-order valence-corrected chi connectivity index (χ2v) is 5.86. The molecular weight excluding hydrogens is 267 g/mol. The Balaban J connectivity index is 1.76. The lowest BCUT2D eigenvalue weighted by atomic mass is 9.90. The van der Waals surface area contributed by atoms with E-state index < -0.39 is 11.7 Å². The van der Waals surface area contributed by atoms with Crippen LogP contribution in [0.5, 0.6) is 0 Å². The Morgan fingerprint density at radius 2 is 2.05 bits per heavy atom. The van der Waals surface area contributed by atoms with Crippen LogP contribution < -0.4 is 10.6 Å². The van der Waals surface area contributed by atoms with Gasteiger partial charge in [-0.1, -0.05) is 0 Å². The number of hydrogen-bond acceptors (Lipinski definition) is 3. The second kappa shape index (κ2) is 4.62. The van der Waals surface area contributed by atoms with Crippen LogP contribution >= 0.6 is 0 Å². The maximum atomic E-state index is 13.0. The van der Waals surface area contributed by atoms with Crippen LogP contribution in [0.1, 0.15) is 24.8 Å². The lowest BCUT2D eigenvalue weighted by Crippen LogP contribution is -2.37. The highest BCUT2D eigenvalue weighted by atomic mass is 19.4. The van der Waals surface area contributed by atoms with Crippen LogP contribution in [0.3, 0.4) is 0 Å². The number of alkyl halides is 3. The van der Waals surface area contributed by atoms with E-state index in [2.05, 4.69) is 4.98 Å². The first-order valence-electron chi connectivity index (χ1n) is 6.93. The zero-order valence-corrected chi connectivity index (χ0v) is 11.2. The van der Waals surface area contributed by atoms with Crippen molar-refractivity contribution < 1.29 is 13.2 Å². The van der Waals surface area contributed by atoms with E-state index in [1.807, 2.05) is 0 Å². The molecule has 110 valence electrons. The molecule has 20 heavy (non-hydrogen) atoms.